The topological polar surface area (TPSA) is 33.1 Å². The van der Waals surface area contributed by atoms with E-state index in [2.05, 4.69) is 58.2 Å². The van der Waals surface area contributed by atoms with Gasteiger partial charge < -0.3 is 5.32 Å². The molecule has 2 aliphatic rings. The summed E-state index contributed by atoms with van der Waals surface area (Å²) < 4.78 is 2.13. The van der Waals surface area contributed by atoms with E-state index in [4.69, 9.17) is 16.7 Å². The van der Waals surface area contributed by atoms with E-state index in [1.165, 1.54) is 48.3 Å². The van der Waals surface area contributed by atoms with Crippen LogP contribution in [0.4, 0.5) is 5.82 Å². The van der Waals surface area contributed by atoms with Crippen LogP contribution in [0.15, 0.2) is 48.5 Å². The van der Waals surface area contributed by atoms with Crippen LogP contribution in [0.3, 0.4) is 0 Å². The minimum Gasteiger partial charge on any atom is -0.370 e. The average molecular weight is 435 g/mol. The molecule has 0 spiro atoms. The number of halogens is 1. The Kier molecular flexibility index (Phi) is 6.02. The molecule has 0 bridgehead atoms. The fourth-order valence-electron chi connectivity index (χ4n) is 5.06. The van der Waals surface area contributed by atoms with E-state index in [1.807, 2.05) is 12.1 Å². The van der Waals surface area contributed by atoms with E-state index in [0.29, 0.717) is 5.92 Å². The van der Waals surface area contributed by atoms with Gasteiger partial charge in [-0.15, -0.1) is 0 Å². The first-order valence-electron chi connectivity index (χ1n) is 11.6. The van der Waals surface area contributed by atoms with Crippen molar-refractivity contribution >= 4 is 17.4 Å². The minimum absolute atomic E-state index is 0.529. The van der Waals surface area contributed by atoms with E-state index in [1.54, 1.807) is 0 Å². The largest absolute Gasteiger partial charge is 0.370 e. The summed E-state index contributed by atoms with van der Waals surface area (Å²) in [6.45, 7) is 6.40. The molecule has 31 heavy (non-hydrogen) atoms. The molecule has 0 atom stereocenters. The zero-order valence-corrected chi connectivity index (χ0v) is 19.0. The Morgan fingerprint density at radius 2 is 1.84 bits per heavy atom. The highest BCUT2D eigenvalue weighted by atomic mass is 35.5. The van der Waals surface area contributed by atoms with Gasteiger partial charge in [-0.3, -0.25) is 4.90 Å². The van der Waals surface area contributed by atoms with Crippen LogP contribution in [0.2, 0.25) is 5.02 Å². The average Bonchev–Trinajstić information content (AvgIpc) is 2.98. The number of nitrogens with zero attached hydrogens (tertiary/aromatic N) is 3. The van der Waals surface area contributed by atoms with Crippen LogP contribution in [0, 0.1) is 6.92 Å². The summed E-state index contributed by atoms with van der Waals surface area (Å²) in [5.74, 6) is 1.71. The fourth-order valence-corrected chi connectivity index (χ4v) is 5.23. The summed E-state index contributed by atoms with van der Waals surface area (Å²) in [5.41, 5.74) is 6.32. The molecule has 1 fully saturated rings. The molecule has 0 radical (unpaired) electrons. The van der Waals surface area contributed by atoms with Gasteiger partial charge >= 0.3 is 0 Å². The second-order valence-electron chi connectivity index (χ2n) is 8.93. The maximum Gasteiger partial charge on any atom is 0.133 e. The summed E-state index contributed by atoms with van der Waals surface area (Å²) in [7, 11) is 0. The van der Waals surface area contributed by atoms with E-state index in [9.17, 15) is 0 Å². The van der Waals surface area contributed by atoms with Gasteiger partial charge in [-0.1, -0.05) is 48.0 Å². The SMILES string of the molecule is Cc1c(Cl)cccc1-n1nc(C2CCN(Cc3ccccc3)CC2)c2c1NCCCC2. The lowest BCUT2D eigenvalue weighted by molar-refractivity contribution is 0.203. The lowest BCUT2D eigenvalue weighted by Crippen LogP contribution is -2.32. The van der Waals surface area contributed by atoms with Gasteiger partial charge in [0.15, 0.2) is 0 Å². The van der Waals surface area contributed by atoms with E-state index in [0.717, 1.165) is 48.9 Å². The first-order chi connectivity index (χ1) is 15.2. The second kappa shape index (κ2) is 9.05. The number of nitrogens with one attached hydrogen (secondary N) is 1. The number of benzene rings is 2. The smallest absolute Gasteiger partial charge is 0.133 e. The van der Waals surface area contributed by atoms with Crippen molar-refractivity contribution in [2.75, 3.05) is 25.0 Å². The van der Waals surface area contributed by atoms with Crippen LogP contribution in [0.25, 0.3) is 5.69 Å². The fraction of sp³-hybridized carbons (Fsp3) is 0.423. The van der Waals surface area contributed by atoms with Gasteiger partial charge in [-0.2, -0.15) is 5.10 Å². The number of likely N-dealkylation sites (tertiary alicyclic amines) is 1. The van der Waals surface area contributed by atoms with E-state index in [-0.39, 0.29) is 0 Å². The molecule has 0 amide bonds. The summed E-state index contributed by atoms with van der Waals surface area (Å²) in [6.07, 6.45) is 5.88. The van der Waals surface area contributed by atoms with Crippen LogP contribution >= 0.6 is 11.6 Å². The van der Waals surface area contributed by atoms with Crippen molar-refractivity contribution in [2.24, 2.45) is 0 Å². The number of rotatable bonds is 4. The summed E-state index contributed by atoms with van der Waals surface area (Å²) in [6, 6.07) is 16.9. The third-order valence-corrected chi connectivity index (χ3v) is 7.26. The molecule has 1 saturated heterocycles. The minimum atomic E-state index is 0.529. The van der Waals surface area contributed by atoms with Gasteiger partial charge in [-0.05, 0) is 75.4 Å². The third kappa shape index (κ3) is 4.24. The quantitative estimate of drug-likeness (QED) is 0.549. The lowest BCUT2D eigenvalue weighted by Gasteiger charge is -2.31. The molecular formula is C26H31ClN4. The third-order valence-electron chi connectivity index (χ3n) is 6.85. The van der Waals surface area contributed by atoms with Crippen molar-refractivity contribution in [2.45, 2.75) is 51.5 Å². The normalized spacial score (nSPS) is 17.7. The van der Waals surface area contributed by atoms with Crippen LogP contribution in [-0.2, 0) is 13.0 Å². The van der Waals surface area contributed by atoms with Gasteiger partial charge in [0.25, 0.3) is 0 Å². The Hall–Kier alpha value is -2.30. The van der Waals surface area contributed by atoms with Crippen molar-refractivity contribution in [1.29, 1.82) is 0 Å². The number of fused-ring (bicyclic) bond motifs is 1. The number of hydrogen-bond acceptors (Lipinski definition) is 3. The Labute approximate surface area is 190 Å². The summed E-state index contributed by atoms with van der Waals surface area (Å²) in [4.78, 5) is 2.58. The van der Waals surface area contributed by atoms with Crippen LogP contribution in [0.1, 0.15) is 54.0 Å². The molecule has 0 aliphatic carbocycles. The highest BCUT2D eigenvalue weighted by Gasteiger charge is 2.29. The Morgan fingerprint density at radius 1 is 1.03 bits per heavy atom. The van der Waals surface area contributed by atoms with Crippen LogP contribution in [0.5, 0.6) is 0 Å². The Bertz CT molecular complexity index is 1040. The van der Waals surface area contributed by atoms with Gasteiger partial charge in [-0.25, -0.2) is 4.68 Å². The van der Waals surface area contributed by atoms with Crippen molar-refractivity contribution in [3.63, 3.8) is 0 Å². The van der Waals surface area contributed by atoms with Gasteiger partial charge in [0.1, 0.15) is 5.82 Å². The number of anilines is 1. The molecular weight excluding hydrogens is 404 g/mol. The number of piperidine rings is 1. The van der Waals surface area contributed by atoms with Crippen LogP contribution in [-0.4, -0.2) is 34.3 Å². The summed E-state index contributed by atoms with van der Waals surface area (Å²) in [5, 5.41) is 9.70. The van der Waals surface area contributed by atoms with Gasteiger partial charge in [0, 0.05) is 29.6 Å². The number of aromatic nitrogens is 2. The molecule has 1 aromatic heterocycles. The monoisotopic (exact) mass is 434 g/mol. The molecule has 4 nitrogen and oxygen atoms in total. The standard InChI is InChI=1S/C26H31ClN4/c1-19-23(27)11-7-12-24(19)31-26-22(10-5-6-15-28-26)25(29-31)21-13-16-30(17-14-21)18-20-8-3-2-4-9-20/h2-4,7-9,11-12,21,28H,5-6,10,13-18H2,1H3. The molecule has 5 rings (SSSR count). The molecule has 162 valence electrons. The van der Waals surface area contributed by atoms with Crippen LogP contribution < -0.4 is 5.32 Å². The zero-order valence-electron chi connectivity index (χ0n) is 18.3. The maximum atomic E-state index is 6.45. The van der Waals surface area contributed by atoms with Gasteiger partial charge in [0.2, 0.25) is 0 Å². The number of hydrogen-bond donors (Lipinski definition) is 1. The predicted molar refractivity (Wildman–Crippen MR) is 128 cm³/mol. The molecule has 3 aromatic rings. The molecule has 2 aromatic carbocycles. The molecule has 3 heterocycles. The van der Waals surface area contributed by atoms with Crippen molar-refractivity contribution in [1.82, 2.24) is 14.7 Å². The molecule has 2 aliphatic heterocycles. The zero-order chi connectivity index (χ0) is 21.2. The highest BCUT2D eigenvalue weighted by molar-refractivity contribution is 6.31. The van der Waals surface area contributed by atoms with Crippen molar-refractivity contribution in [3.05, 3.63) is 75.9 Å². The van der Waals surface area contributed by atoms with Crippen molar-refractivity contribution < 1.29 is 0 Å². The van der Waals surface area contributed by atoms with E-state index >= 15 is 0 Å². The van der Waals surface area contributed by atoms with Crippen molar-refractivity contribution in [3.8, 4) is 5.69 Å². The summed E-state index contributed by atoms with van der Waals surface area (Å²) >= 11 is 6.45. The first kappa shape index (κ1) is 20.6. The Balaban J connectivity index is 1.41. The molecule has 5 heteroatoms. The molecule has 0 saturated carbocycles. The second-order valence-corrected chi connectivity index (χ2v) is 9.34. The Morgan fingerprint density at radius 3 is 2.65 bits per heavy atom. The lowest BCUT2D eigenvalue weighted by atomic mass is 9.90. The maximum absolute atomic E-state index is 6.45. The first-order valence-corrected chi connectivity index (χ1v) is 12.0. The van der Waals surface area contributed by atoms with Gasteiger partial charge in [0.05, 0.1) is 11.4 Å². The predicted octanol–water partition coefficient (Wildman–Crippen LogP) is 5.96. The molecule has 0 unspecified atom stereocenters. The van der Waals surface area contributed by atoms with E-state index < -0.39 is 0 Å². The highest BCUT2D eigenvalue weighted by Crippen LogP contribution is 2.37. The molecule has 1 N–H and O–H groups in total.